The zero-order valence-corrected chi connectivity index (χ0v) is 48.5. The predicted octanol–water partition coefficient (Wildman–Crippen LogP) is -11.4. The Balaban J connectivity index is 0.0000296. The Morgan fingerprint density at radius 1 is 0.351 bits per heavy atom. The number of methoxy groups -OCH3 is 2. The van der Waals surface area contributed by atoms with Crippen molar-refractivity contribution in [1.29, 1.82) is 0 Å². The number of rotatable bonds is 33. The molecule has 2 aliphatic heterocycles. The van der Waals surface area contributed by atoms with Crippen molar-refractivity contribution in [2.75, 3.05) is 40.6 Å². The molecule has 0 bridgehead atoms. The Labute approximate surface area is 477 Å². The maximum Gasteiger partial charge on any atom is 1.00 e. The summed E-state index contributed by atoms with van der Waals surface area (Å²) in [5, 5.41) is 0. The molecule has 0 saturated carbocycles. The first-order valence-electron chi connectivity index (χ1n) is 17.9. The molecule has 46 nitrogen and oxygen atoms in total. The molecule has 0 amide bonds. The predicted molar refractivity (Wildman–Crippen MR) is 217 cm³/mol. The Kier molecular flexibility index (Phi) is 28.1. The zero-order valence-electron chi connectivity index (χ0n) is 37.2. The number of hydrogen-bond donors (Lipinski definition) is 10. The van der Waals surface area contributed by atoms with Gasteiger partial charge in [0.25, 0.3) is 0 Å². The van der Waals surface area contributed by atoms with E-state index >= 15 is 0 Å². The monoisotopic (exact) mass is 1370 g/mol. The fourth-order valence-corrected chi connectivity index (χ4v) is 10.7. The Morgan fingerprint density at radius 2 is 0.584 bits per heavy atom. The van der Waals surface area contributed by atoms with E-state index in [1.165, 1.54) is 0 Å². The van der Waals surface area contributed by atoms with Crippen LogP contribution in [0, 0.1) is 0 Å². The van der Waals surface area contributed by atoms with Crippen molar-refractivity contribution in [3.8, 4) is 0 Å². The molecular formula is C20H38KO46S10+. The van der Waals surface area contributed by atoms with Crippen LogP contribution in [0.4, 0.5) is 0 Å². The van der Waals surface area contributed by atoms with E-state index in [2.05, 4.69) is 41.8 Å². The Bertz CT molecular complexity index is 2910. The minimum absolute atomic E-state index is 0. The van der Waals surface area contributed by atoms with Crippen LogP contribution in [-0.4, -0.2) is 256 Å². The molecule has 454 valence electrons. The third-order valence-corrected chi connectivity index (χ3v) is 12.9. The van der Waals surface area contributed by atoms with E-state index in [1.54, 1.807) is 0 Å². The van der Waals surface area contributed by atoms with Crippen LogP contribution < -0.4 is 51.4 Å². The standard InChI is InChI=1S/C20H38O46S10.K/c1-51-11(9(59-69(27,28)29)3-53-19-17(65-75(45,46)47)15(63-73(39,40)41)13(61-71(33,34)35)7(57-19)5-55-67(21,22)23)12(52-2)10(60-70(30,31)32)4-54-20-18(66-76(48,49)50)16(64-74(42,43)44)14(62-72(36,37)38)8(58-20)6-56-68(24,25)26;/h7-20H,3-6H2,1-2H3,(H,21,22,23)(H,24,25,26)(H,27,28,29)(H,30,31,32)(H,33,34,35)(H,36,37,38)(H,39,40,41)(H,42,43,44)(H,45,46,47)(H,48,49,50);/q;+1/t7-,8-,9-,10-,11-,12-,13-,14-,15+,16+,17-,18-,19-,20-;/m1./s1. The van der Waals surface area contributed by atoms with Gasteiger partial charge in [-0.1, -0.05) is 0 Å². The molecule has 0 aromatic heterocycles. The van der Waals surface area contributed by atoms with Gasteiger partial charge in [0.05, 0.1) is 26.4 Å². The number of hydrogen-bond acceptors (Lipinski definition) is 36. The van der Waals surface area contributed by atoms with E-state index in [-0.39, 0.29) is 51.4 Å². The topological polar surface area (TPSA) is 691 Å². The van der Waals surface area contributed by atoms with Gasteiger partial charge >= 0.3 is 155 Å². The Morgan fingerprint density at radius 3 is 0.792 bits per heavy atom. The van der Waals surface area contributed by atoms with Crippen molar-refractivity contribution in [1.82, 2.24) is 0 Å². The quantitative estimate of drug-likeness (QED) is 0.0215. The second-order valence-electron chi connectivity index (χ2n) is 13.6. The van der Waals surface area contributed by atoms with Crippen LogP contribution in [0.15, 0.2) is 0 Å². The van der Waals surface area contributed by atoms with Crippen molar-refractivity contribution in [3.05, 3.63) is 0 Å². The van der Waals surface area contributed by atoms with Crippen molar-refractivity contribution in [3.63, 3.8) is 0 Å². The first kappa shape index (κ1) is 75.1. The molecule has 14 atom stereocenters. The second kappa shape index (κ2) is 28.8. The molecule has 77 heavy (non-hydrogen) atoms. The van der Waals surface area contributed by atoms with Gasteiger partial charge in [0.15, 0.2) is 24.8 Å². The summed E-state index contributed by atoms with van der Waals surface area (Å²) < 4.78 is 403. The summed E-state index contributed by atoms with van der Waals surface area (Å²) in [5.74, 6) is 0. The normalized spacial score (nSPS) is 27.5. The average molecular weight is 1370 g/mol. The minimum atomic E-state index is -6.15. The first-order valence-corrected chi connectivity index (χ1v) is 31.5. The van der Waals surface area contributed by atoms with Gasteiger partial charge in [0.2, 0.25) is 0 Å². The maximum atomic E-state index is 12.2. The van der Waals surface area contributed by atoms with E-state index < -0.39 is 216 Å². The fraction of sp³-hybridized carbons (Fsp3) is 1.00. The molecule has 2 rings (SSSR count). The molecular weight excluding hydrogens is 1340 g/mol. The fourth-order valence-electron chi connectivity index (χ4n) is 6.14. The van der Waals surface area contributed by atoms with Gasteiger partial charge in [0.1, 0.15) is 61.0 Å². The smallest absolute Gasteiger partial charge is 0.376 e. The summed E-state index contributed by atoms with van der Waals surface area (Å²) in [7, 11) is -59.3. The molecule has 2 heterocycles. The minimum Gasteiger partial charge on any atom is -0.376 e. The maximum absolute atomic E-state index is 12.2. The second-order valence-corrected chi connectivity index (χ2v) is 24.2. The van der Waals surface area contributed by atoms with Crippen molar-refractivity contribution in [2.24, 2.45) is 0 Å². The molecule has 2 aliphatic rings. The molecule has 0 aromatic carbocycles. The largest absolute Gasteiger partial charge is 1.00 e. The SMILES string of the molecule is CO[C@@H]([C@H](OC)[C@@H](CO[C@@H]1O[C@H](COS(=O)(=O)O)[C@@H](OS(=O)(=O)O)[C@H](OS(=O)(=O)O)[C@H]1OS(=O)(=O)O)OS(=O)(=O)O)[C@@H](CO[C@@H]1O[C@H](COS(=O)(=O)O)[C@@H](OS(=O)(=O)O)[C@H](OS(=O)(=O)O)[C@H]1OS(=O)(=O)O)OS(=O)(=O)O.[K+]. The first-order chi connectivity index (χ1) is 33.8. The molecule has 0 radical (unpaired) electrons. The van der Waals surface area contributed by atoms with E-state index in [0.29, 0.717) is 14.2 Å². The van der Waals surface area contributed by atoms with Crippen molar-refractivity contribution < 1.29 is 251 Å². The molecule has 10 N–H and O–H groups in total. The van der Waals surface area contributed by atoms with Gasteiger partial charge in [-0.15, -0.1) is 0 Å². The molecule has 2 saturated heterocycles. The van der Waals surface area contributed by atoms with Crippen LogP contribution in [0.25, 0.3) is 0 Å². The zero-order chi connectivity index (χ0) is 59.2. The molecule has 0 aliphatic carbocycles. The molecule has 57 heteroatoms. The summed E-state index contributed by atoms with van der Waals surface area (Å²) in [6.07, 6.45) is -42.2. The van der Waals surface area contributed by atoms with Crippen LogP contribution in [0.1, 0.15) is 0 Å². The van der Waals surface area contributed by atoms with E-state index in [4.69, 9.17) is 37.5 Å². The van der Waals surface area contributed by atoms with E-state index in [9.17, 15) is 121 Å². The summed E-state index contributed by atoms with van der Waals surface area (Å²) >= 11 is 0. The van der Waals surface area contributed by atoms with E-state index in [0.717, 1.165) is 0 Å². The van der Waals surface area contributed by atoms with Gasteiger partial charge in [-0.05, 0) is 0 Å². The van der Waals surface area contributed by atoms with Crippen LogP contribution in [0.3, 0.4) is 0 Å². The molecule has 0 unspecified atom stereocenters. The number of ether oxygens (including phenoxy) is 6. The average Bonchev–Trinajstić information content (AvgIpc) is 3.15. The Hall–Kier alpha value is 0.0964. The van der Waals surface area contributed by atoms with Crippen LogP contribution in [0.2, 0.25) is 0 Å². The summed E-state index contributed by atoms with van der Waals surface area (Å²) in [5.41, 5.74) is 0. The summed E-state index contributed by atoms with van der Waals surface area (Å²) in [6.45, 7) is -7.56. The third kappa shape index (κ3) is 30.0. The summed E-state index contributed by atoms with van der Waals surface area (Å²) in [6, 6.07) is 0. The molecule has 0 aromatic rings. The molecule has 2 fully saturated rings. The van der Waals surface area contributed by atoms with E-state index in [1.807, 2.05) is 0 Å². The van der Waals surface area contributed by atoms with Crippen LogP contribution >= 0.6 is 0 Å². The van der Waals surface area contributed by atoms with Gasteiger partial charge in [0, 0.05) is 14.2 Å². The van der Waals surface area contributed by atoms with Crippen molar-refractivity contribution >= 4 is 104 Å². The third-order valence-electron chi connectivity index (χ3n) is 8.28. The van der Waals surface area contributed by atoms with Crippen LogP contribution in [0.5, 0.6) is 0 Å². The van der Waals surface area contributed by atoms with Gasteiger partial charge in [-0.2, -0.15) is 84.2 Å². The molecule has 0 spiro atoms. The van der Waals surface area contributed by atoms with Gasteiger partial charge in [-0.3, -0.25) is 45.5 Å². The summed E-state index contributed by atoms with van der Waals surface area (Å²) in [4.78, 5) is 0. The van der Waals surface area contributed by atoms with Gasteiger partial charge in [-0.25, -0.2) is 41.8 Å². The van der Waals surface area contributed by atoms with Gasteiger partial charge < -0.3 is 28.4 Å². The van der Waals surface area contributed by atoms with Crippen LogP contribution in [-0.2, 0) is 174 Å². The van der Waals surface area contributed by atoms with Crippen molar-refractivity contribution in [2.45, 2.75) is 85.8 Å².